The smallest absolute Gasteiger partial charge is 0.292 e. The minimum Gasteiger partial charge on any atom is -0.292 e. The van der Waals surface area contributed by atoms with Crippen LogP contribution in [0, 0.1) is 5.82 Å². The quantitative estimate of drug-likeness (QED) is 0.514. The summed E-state index contributed by atoms with van der Waals surface area (Å²) in [6.45, 7) is 1.10. The molecule has 1 aromatic heterocycles. The second-order valence-corrected chi connectivity index (χ2v) is 6.76. The Bertz CT molecular complexity index is 1280. The summed E-state index contributed by atoms with van der Waals surface area (Å²) >= 11 is 6.01. The lowest BCUT2D eigenvalue weighted by molar-refractivity contribution is -1.09. The van der Waals surface area contributed by atoms with Crippen LogP contribution < -0.4 is 11.2 Å². The molecule has 1 unspecified atom stereocenters. The van der Waals surface area contributed by atoms with Crippen LogP contribution in [-0.4, -0.2) is 32.9 Å². The van der Waals surface area contributed by atoms with Crippen LogP contribution in [0.2, 0.25) is 5.02 Å². The van der Waals surface area contributed by atoms with Crippen molar-refractivity contribution in [3.63, 3.8) is 0 Å². The van der Waals surface area contributed by atoms with Gasteiger partial charge in [0.05, 0.1) is 10.7 Å². The van der Waals surface area contributed by atoms with Crippen molar-refractivity contribution in [2.75, 3.05) is 7.05 Å². The molecule has 1 aliphatic rings. The number of benzene rings is 1. The van der Waals surface area contributed by atoms with Gasteiger partial charge in [-0.1, -0.05) is 16.7 Å². The minimum absolute atomic E-state index is 0.121. The first-order valence-corrected chi connectivity index (χ1v) is 8.61. The number of hydrogen-bond acceptors (Lipinski definition) is 7. The first-order valence-electron chi connectivity index (χ1n) is 8.24. The molecule has 31 heavy (non-hydrogen) atoms. The Labute approximate surface area is 174 Å². The number of nitrogens with zero attached hydrogens (tertiary/aromatic N) is 6. The molecule has 0 fully saturated rings. The van der Waals surface area contributed by atoms with Crippen LogP contribution in [0.15, 0.2) is 43.2 Å². The van der Waals surface area contributed by atoms with E-state index >= 15 is 0 Å². The van der Waals surface area contributed by atoms with Crippen molar-refractivity contribution in [3.05, 3.63) is 61.1 Å². The summed E-state index contributed by atoms with van der Waals surface area (Å²) in [5.41, 5.74) is -5.17. The number of hydroxylamine groups is 1. The molecule has 0 amide bonds. The zero-order valence-corrected chi connectivity index (χ0v) is 16.7. The summed E-state index contributed by atoms with van der Waals surface area (Å²) in [5.74, 6) is -2.15. The zero-order valence-electron chi connectivity index (χ0n) is 15.9. The van der Waals surface area contributed by atoms with E-state index in [-0.39, 0.29) is 31.6 Å². The molecule has 0 saturated heterocycles. The zero-order chi connectivity index (χ0) is 23.3. The van der Waals surface area contributed by atoms with E-state index in [9.17, 15) is 31.9 Å². The van der Waals surface area contributed by atoms with Crippen LogP contribution in [0.1, 0.15) is 18.2 Å². The van der Waals surface area contributed by atoms with Crippen molar-refractivity contribution in [2.24, 2.45) is 22.5 Å². The summed E-state index contributed by atoms with van der Waals surface area (Å²) in [4.78, 5) is 39.7. The van der Waals surface area contributed by atoms with E-state index in [1.165, 1.54) is 7.05 Å². The van der Waals surface area contributed by atoms with Crippen molar-refractivity contribution in [1.82, 2.24) is 9.13 Å². The van der Waals surface area contributed by atoms with Gasteiger partial charge in [-0.15, -0.1) is 0 Å². The molecule has 1 aliphatic heterocycles. The van der Waals surface area contributed by atoms with E-state index in [2.05, 4.69) is 15.4 Å². The highest BCUT2D eigenvalue weighted by molar-refractivity contribution is 6.34. The second kappa shape index (κ2) is 7.39. The van der Waals surface area contributed by atoms with Crippen LogP contribution >= 0.6 is 11.6 Å². The molecule has 15 heteroatoms. The van der Waals surface area contributed by atoms with E-state index < -0.39 is 45.5 Å². The molecule has 0 N–H and O–H groups in total. The Morgan fingerprint density at radius 2 is 1.87 bits per heavy atom. The van der Waals surface area contributed by atoms with Gasteiger partial charge >= 0.3 is 17.8 Å². The number of carbonyl (C=O) groups excluding carboxylic acids is 1. The van der Waals surface area contributed by atoms with Crippen LogP contribution in [0.25, 0.3) is 5.69 Å². The summed E-state index contributed by atoms with van der Waals surface area (Å²) in [6, 6.07) is 1.79. The lowest BCUT2D eigenvalue weighted by Gasteiger charge is -2.15. The highest BCUT2D eigenvalue weighted by Gasteiger charge is 2.37. The second-order valence-electron chi connectivity index (χ2n) is 6.36. The molecule has 10 nitrogen and oxygen atoms in total. The Morgan fingerprint density at radius 3 is 2.45 bits per heavy atom. The molecule has 1 aromatic carbocycles. The third-order valence-corrected chi connectivity index (χ3v) is 4.33. The van der Waals surface area contributed by atoms with Crippen LogP contribution in [0.3, 0.4) is 0 Å². The Morgan fingerprint density at radius 1 is 1.23 bits per heavy atom. The number of alkyl halides is 3. The molecule has 1 atom stereocenters. The molecule has 0 saturated carbocycles. The topological polar surface area (TPSA) is 107 Å². The van der Waals surface area contributed by atoms with Gasteiger partial charge in [0.1, 0.15) is 21.6 Å². The highest BCUT2D eigenvalue weighted by Crippen LogP contribution is 2.29. The Balaban J connectivity index is 2.21. The highest BCUT2D eigenvalue weighted by atomic mass is 35.5. The molecule has 2 heterocycles. The average Bonchev–Trinajstić information content (AvgIpc) is 2.99. The molecule has 164 valence electrons. The lowest BCUT2D eigenvalue weighted by Crippen LogP contribution is -2.41. The number of rotatable bonds is 3. The predicted octanol–water partition coefficient (Wildman–Crippen LogP) is 2.31. The molecule has 0 bridgehead atoms. The first kappa shape index (κ1) is 22.3. The fourth-order valence-electron chi connectivity index (χ4n) is 2.73. The van der Waals surface area contributed by atoms with Gasteiger partial charge in [0.15, 0.2) is 7.05 Å². The van der Waals surface area contributed by atoms with E-state index in [0.717, 1.165) is 26.1 Å². The van der Waals surface area contributed by atoms with Crippen LogP contribution in [0.5, 0.6) is 0 Å². The molecule has 3 rings (SSSR count). The number of amidine groups is 1. The lowest BCUT2D eigenvalue weighted by atomic mass is 10.1. The number of aromatic nitrogens is 2. The molecule has 2 aromatic rings. The summed E-state index contributed by atoms with van der Waals surface area (Å²) in [5, 5.41) is 11.0. The Kier molecular flexibility index (Phi) is 5.31. The van der Waals surface area contributed by atoms with E-state index in [0.29, 0.717) is 0 Å². The number of quaternary nitrogens is 1. The Hall–Kier alpha value is -3.39. The summed E-state index contributed by atoms with van der Waals surface area (Å²) < 4.78 is 54.0. The van der Waals surface area contributed by atoms with Crippen molar-refractivity contribution >= 4 is 23.4 Å². The molecule has 0 radical (unpaired) electrons. The summed E-state index contributed by atoms with van der Waals surface area (Å²) in [6.07, 6.45) is -4.98. The van der Waals surface area contributed by atoms with Crippen LogP contribution in [0.4, 0.5) is 17.6 Å². The van der Waals surface area contributed by atoms with Crippen molar-refractivity contribution < 1.29 is 32.1 Å². The fourth-order valence-corrected chi connectivity index (χ4v) is 2.97. The average molecular weight is 464 g/mol. The number of halogens is 5. The molecular weight excluding hydrogens is 452 g/mol. The SMILES string of the molecule is CC(=O)O[N+]1(C)N=NC(c2cc(-n3c(=O)cc(C(F)(F)F)n(C)c3=O)c(F)cc2Cl)=N1. The van der Waals surface area contributed by atoms with Gasteiger partial charge in [-0.2, -0.15) is 13.2 Å². The largest absolute Gasteiger partial charge is 0.431 e. The van der Waals surface area contributed by atoms with E-state index in [4.69, 9.17) is 16.4 Å². The standard InChI is InChI=1S/C16H12ClF4N6O4/c1-7(28)31-27(3)23-14(22-24-27)8-4-11(10(18)5-9(8)17)26-13(29)6-12(16(19,20)21)25(2)15(26)30/h4-6H,1-3H3/q+1. The normalized spacial score (nSPS) is 18.3. The van der Waals surface area contributed by atoms with Crippen molar-refractivity contribution in [2.45, 2.75) is 13.1 Å². The van der Waals surface area contributed by atoms with Gasteiger partial charge in [0.25, 0.3) is 11.4 Å². The predicted molar refractivity (Wildman–Crippen MR) is 96.6 cm³/mol. The first-order chi connectivity index (χ1) is 14.2. The molecular formula is C16H12ClF4N6O4+. The van der Waals surface area contributed by atoms with Crippen molar-refractivity contribution in [3.8, 4) is 5.69 Å². The van der Waals surface area contributed by atoms with Crippen molar-refractivity contribution in [1.29, 1.82) is 0 Å². The number of carbonyl (C=O) groups is 1. The third kappa shape index (κ3) is 4.11. The maximum Gasteiger partial charge on any atom is 0.431 e. The van der Waals surface area contributed by atoms with Gasteiger partial charge < -0.3 is 0 Å². The maximum absolute atomic E-state index is 14.6. The minimum atomic E-state index is -4.98. The maximum atomic E-state index is 14.6. The van der Waals surface area contributed by atoms with E-state index in [1.807, 2.05) is 0 Å². The van der Waals surface area contributed by atoms with E-state index in [1.54, 1.807) is 0 Å². The molecule has 0 spiro atoms. The van der Waals surface area contributed by atoms with Crippen LogP contribution in [-0.2, 0) is 22.9 Å². The third-order valence-electron chi connectivity index (χ3n) is 4.02. The van der Waals surface area contributed by atoms with Gasteiger partial charge in [0.2, 0.25) is 0 Å². The number of hydrogen-bond donors (Lipinski definition) is 0. The van der Waals surface area contributed by atoms with Gasteiger partial charge in [-0.05, 0) is 12.1 Å². The summed E-state index contributed by atoms with van der Waals surface area (Å²) in [7, 11) is 2.03. The van der Waals surface area contributed by atoms with Gasteiger partial charge in [-0.25, -0.2) is 23.4 Å². The van der Waals surface area contributed by atoms with Gasteiger partial charge in [-0.3, -0.25) is 9.36 Å². The monoisotopic (exact) mass is 463 g/mol. The fraction of sp³-hybridized carbons (Fsp3) is 0.250. The van der Waals surface area contributed by atoms with Gasteiger partial charge in [0, 0.05) is 30.7 Å². The molecule has 0 aliphatic carbocycles.